The van der Waals surface area contributed by atoms with Gasteiger partial charge in [0.1, 0.15) is 5.82 Å². The minimum Gasteiger partial charge on any atom is -0.350 e. The fraction of sp³-hybridized carbons (Fsp3) is 0.556. The van der Waals surface area contributed by atoms with Gasteiger partial charge in [0, 0.05) is 42.4 Å². The second-order valence-electron chi connectivity index (χ2n) is 7.56. The van der Waals surface area contributed by atoms with Crippen LogP contribution in [0.5, 0.6) is 0 Å². The van der Waals surface area contributed by atoms with Gasteiger partial charge in [-0.05, 0) is 39.0 Å². The van der Waals surface area contributed by atoms with Crippen molar-refractivity contribution in [3.63, 3.8) is 0 Å². The molecule has 1 aliphatic heterocycles. The van der Waals surface area contributed by atoms with Crippen molar-refractivity contribution in [1.82, 2.24) is 15.1 Å². The fourth-order valence-electron chi connectivity index (χ4n) is 2.80. The van der Waals surface area contributed by atoms with E-state index in [2.05, 4.69) is 15.5 Å². The van der Waals surface area contributed by atoms with Crippen LogP contribution in [0.25, 0.3) is 0 Å². The molecule has 26 heavy (non-hydrogen) atoms. The van der Waals surface area contributed by atoms with Gasteiger partial charge in [-0.15, -0.1) is 0 Å². The van der Waals surface area contributed by atoms with E-state index >= 15 is 0 Å². The molecule has 0 bridgehead atoms. The first-order valence-corrected chi connectivity index (χ1v) is 9.00. The average Bonchev–Trinajstić information content (AvgIpc) is 2.46. The summed E-state index contributed by atoms with van der Waals surface area (Å²) in [5, 5.41) is 5.84. The van der Waals surface area contributed by atoms with Crippen LogP contribution in [0.3, 0.4) is 0 Å². The van der Waals surface area contributed by atoms with Crippen LogP contribution < -0.4 is 10.6 Å². The number of piperazine rings is 1. The lowest BCUT2D eigenvalue weighted by molar-refractivity contribution is -0.124. The number of halogens is 2. The molecule has 1 heterocycles. The van der Waals surface area contributed by atoms with Crippen molar-refractivity contribution in [1.29, 1.82) is 0 Å². The second kappa shape index (κ2) is 8.79. The van der Waals surface area contributed by atoms with E-state index in [0.29, 0.717) is 25.3 Å². The van der Waals surface area contributed by atoms with E-state index in [1.54, 1.807) is 0 Å². The molecule has 144 valence electrons. The average molecular weight is 385 g/mol. The summed E-state index contributed by atoms with van der Waals surface area (Å²) in [6, 6.07) is 3.93. The molecule has 0 unspecified atom stereocenters. The molecule has 1 aliphatic rings. The molecule has 2 rings (SSSR count). The summed E-state index contributed by atoms with van der Waals surface area (Å²) in [6.07, 6.45) is 0. The molecule has 0 radical (unpaired) electrons. The molecule has 0 aromatic heterocycles. The summed E-state index contributed by atoms with van der Waals surface area (Å²) in [6.45, 7) is 9.26. The van der Waals surface area contributed by atoms with Crippen molar-refractivity contribution in [3.8, 4) is 0 Å². The zero-order valence-corrected chi connectivity index (χ0v) is 16.2. The van der Waals surface area contributed by atoms with Gasteiger partial charge in [0.25, 0.3) is 0 Å². The molecule has 2 amide bonds. The number of carbonyl (C=O) groups is 2. The van der Waals surface area contributed by atoms with Crippen LogP contribution in [0.1, 0.15) is 20.8 Å². The third-order valence-corrected chi connectivity index (χ3v) is 4.08. The Kier molecular flexibility index (Phi) is 6.97. The molecular weight excluding hydrogens is 359 g/mol. The van der Waals surface area contributed by atoms with E-state index < -0.39 is 5.82 Å². The molecule has 0 saturated carbocycles. The topological polar surface area (TPSA) is 64.7 Å². The minimum absolute atomic E-state index is 0.00618. The number of hydrogen-bond acceptors (Lipinski definition) is 4. The normalized spacial score (nSPS) is 16.3. The Hall–Kier alpha value is -1.70. The summed E-state index contributed by atoms with van der Waals surface area (Å²) in [7, 11) is 0. The second-order valence-corrected chi connectivity index (χ2v) is 7.99. The van der Waals surface area contributed by atoms with Gasteiger partial charge >= 0.3 is 0 Å². The van der Waals surface area contributed by atoms with Gasteiger partial charge in [0.05, 0.1) is 13.1 Å². The maximum Gasteiger partial charge on any atom is 0.238 e. The summed E-state index contributed by atoms with van der Waals surface area (Å²) in [5.41, 5.74) is 0.106. The van der Waals surface area contributed by atoms with E-state index in [-0.39, 0.29) is 28.9 Å². The van der Waals surface area contributed by atoms with Gasteiger partial charge in [-0.1, -0.05) is 11.6 Å². The first-order chi connectivity index (χ1) is 12.1. The van der Waals surface area contributed by atoms with E-state index in [9.17, 15) is 14.0 Å². The number of amides is 2. The SMILES string of the molecule is CC(C)(C)NC(=O)CN1CCN(CC(=O)Nc2cc(F)cc(Cl)c2)CC1. The quantitative estimate of drug-likeness (QED) is 0.814. The van der Waals surface area contributed by atoms with Crippen molar-refractivity contribution in [2.45, 2.75) is 26.3 Å². The van der Waals surface area contributed by atoms with Crippen molar-refractivity contribution in [2.75, 3.05) is 44.6 Å². The van der Waals surface area contributed by atoms with Gasteiger partial charge in [0.2, 0.25) is 11.8 Å². The maximum absolute atomic E-state index is 13.3. The number of rotatable bonds is 5. The number of hydrogen-bond donors (Lipinski definition) is 2. The van der Waals surface area contributed by atoms with Gasteiger partial charge < -0.3 is 10.6 Å². The van der Waals surface area contributed by atoms with Crippen LogP contribution in [0.2, 0.25) is 5.02 Å². The Balaban J connectivity index is 1.74. The zero-order valence-electron chi connectivity index (χ0n) is 15.4. The van der Waals surface area contributed by atoms with Gasteiger partial charge in [0.15, 0.2) is 0 Å². The summed E-state index contributed by atoms with van der Waals surface area (Å²) >= 11 is 5.78. The van der Waals surface area contributed by atoms with Crippen molar-refractivity contribution >= 4 is 29.1 Å². The standard InChI is InChI=1S/C18H26ClFN4O2/c1-18(2,3)22-17(26)12-24-6-4-23(5-7-24)11-16(25)21-15-9-13(19)8-14(20)10-15/h8-10H,4-7,11-12H2,1-3H3,(H,21,25)(H,22,26). The van der Waals surface area contributed by atoms with Crippen LogP contribution >= 0.6 is 11.6 Å². The van der Waals surface area contributed by atoms with Gasteiger partial charge in [-0.25, -0.2) is 4.39 Å². The Bertz CT molecular complexity index is 635. The molecule has 6 nitrogen and oxygen atoms in total. The Morgan fingerprint density at radius 2 is 1.58 bits per heavy atom. The lowest BCUT2D eigenvalue weighted by Gasteiger charge is -2.34. The molecule has 0 atom stereocenters. The molecule has 1 aromatic carbocycles. The summed E-state index contributed by atoms with van der Waals surface area (Å²) in [5.74, 6) is -0.702. The highest BCUT2D eigenvalue weighted by atomic mass is 35.5. The predicted molar refractivity (Wildman–Crippen MR) is 101 cm³/mol. The van der Waals surface area contributed by atoms with Crippen molar-refractivity contribution < 1.29 is 14.0 Å². The van der Waals surface area contributed by atoms with Gasteiger partial charge in [-0.2, -0.15) is 0 Å². The van der Waals surface area contributed by atoms with Crippen LogP contribution in [-0.4, -0.2) is 66.4 Å². The molecule has 1 fully saturated rings. The molecule has 8 heteroatoms. The van der Waals surface area contributed by atoms with Crippen LogP contribution in [-0.2, 0) is 9.59 Å². The largest absolute Gasteiger partial charge is 0.350 e. The monoisotopic (exact) mass is 384 g/mol. The zero-order chi connectivity index (χ0) is 19.3. The van der Waals surface area contributed by atoms with Crippen LogP contribution in [0.4, 0.5) is 10.1 Å². The first-order valence-electron chi connectivity index (χ1n) is 8.62. The molecular formula is C18H26ClFN4O2. The molecule has 1 aromatic rings. The lowest BCUT2D eigenvalue weighted by atomic mass is 10.1. The Morgan fingerprint density at radius 1 is 1.04 bits per heavy atom. The van der Waals surface area contributed by atoms with E-state index in [1.807, 2.05) is 25.7 Å². The molecule has 0 spiro atoms. The predicted octanol–water partition coefficient (Wildman–Crippen LogP) is 1.95. The molecule has 0 aliphatic carbocycles. The summed E-state index contributed by atoms with van der Waals surface area (Å²) < 4.78 is 13.3. The Morgan fingerprint density at radius 3 is 2.08 bits per heavy atom. The molecule has 1 saturated heterocycles. The smallest absolute Gasteiger partial charge is 0.238 e. The minimum atomic E-state index is -0.491. The van der Waals surface area contributed by atoms with Gasteiger partial charge in [-0.3, -0.25) is 19.4 Å². The lowest BCUT2D eigenvalue weighted by Crippen LogP contribution is -2.52. The third-order valence-electron chi connectivity index (χ3n) is 3.86. The number of carbonyl (C=O) groups excluding carboxylic acids is 2. The van der Waals surface area contributed by atoms with Crippen LogP contribution in [0, 0.1) is 5.82 Å². The highest BCUT2D eigenvalue weighted by Gasteiger charge is 2.22. The number of anilines is 1. The Labute approximate surface area is 158 Å². The maximum atomic E-state index is 13.3. The third kappa shape index (κ3) is 7.27. The van der Waals surface area contributed by atoms with Crippen molar-refractivity contribution in [3.05, 3.63) is 29.0 Å². The van der Waals surface area contributed by atoms with E-state index in [4.69, 9.17) is 11.6 Å². The number of benzene rings is 1. The summed E-state index contributed by atoms with van der Waals surface area (Å²) in [4.78, 5) is 28.2. The van der Waals surface area contributed by atoms with Crippen molar-refractivity contribution in [2.24, 2.45) is 0 Å². The first kappa shape index (κ1) is 20.6. The van der Waals surface area contributed by atoms with E-state index in [1.165, 1.54) is 18.2 Å². The van der Waals surface area contributed by atoms with Crippen LogP contribution in [0.15, 0.2) is 18.2 Å². The highest BCUT2D eigenvalue weighted by molar-refractivity contribution is 6.30. The number of nitrogens with one attached hydrogen (secondary N) is 2. The highest BCUT2D eigenvalue weighted by Crippen LogP contribution is 2.18. The van der Waals surface area contributed by atoms with E-state index in [0.717, 1.165) is 13.1 Å². The molecule has 2 N–H and O–H groups in total. The fourth-order valence-corrected chi connectivity index (χ4v) is 3.02. The number of nitrogens with zero attached hydrogens (tertiary/aromatic N) is 2.